The maximum atomic E-state index is 9.98. The number of anilines is 1. The van der Waals surface area contributed by atoms with Gasteiger partial charge in [0.15, 0.2) is 0 Å². The molecule has 1 aliphatic heterocycles. The minimum Gasteiger partial charge on any atom is -0.496 e. The molecule has 1 aromatic carbocycles. The Bertz CT molecular complexity index is 385. The van der Waals surface area contributed by atoms with E-state index in [9.17, 15) is 5.11 Å². The maximum Gasteiger partial charge on any atom is 0.126 e. The zero-order valence-corrected chi connectivity index (χ0v) is 11.1. The minimum atomic E-state index is -0.541. The second-order valence-electron chi connectivity index (χ2n) is 4.52. The van der Waals surface area contributed by atoms with Crippen molar-refractivity contribution in [1.29, 1.82) is 0 Å². The molecular weight excluding hydrogens is 230 g/mol. The van der Waals surface area contributed by atoms with Crippen LogP contribution in [-0.4, -0.2) is 38.5 Å². The SMILES string of the molecule is COc1cccc(N2CCCOCC2)c1C(C)O. The van der Waals surface area contributed by atoms with Crippen molar-refractivity contribution in [2.75, 3.05) is 38.3 Å². The third-order valence-electron chi connectivity index (χ3n) is 3.24. The predicted octanol–water partition coefficient (Wildman–Crippen LogP) is 1.98. The third kappa shape index (κ3) is 2.76. The average Bonchev–Trinajstić information content (AvgIpc) is 2.66. The molecule has 0 aliphatic carbocycles. The van der Waals surface area contributed by atoms with Gasteiger partial charge in [-0.3, -0.25) is 0 Å². The van der Waals surface area contributed by atoms with Crippen LogP contribution in [0.3, 0.4) is 0 Å². The van der Waals surface area contributed by atoms with Crippen LogP contribution in [0.25, 0.3) is 0 Å². The summed E-state index contributed by atoms with van der Waals surface area (Å²) >= 11 is 0. The van der Waals surface area contributed by atoms with Gasteiger partial charge in [-0.2, -0.15) is 0 Å². The number of nitrogens with zero attached hydrogens (tertiary/aromatic N) is 1. The fourth-order valence-electron chi connectivity index (χ4n) is 2.39. The number of aliphatic hydroxyl groups excluding tert-OH is 1. The van der Waals surface area contributed by atoms with Gasteiger partial charge in [0, 0.05) is 30.9 Å². The van der Waals surface area contributed by atoms with Gasteiger partial charge >= 0.3 is 0 Å². The van der Waals surface area contributed by atoms with Gasteiger partial charge in [0.25, 0.3) is 0 Å². The Morgan fingerprint density at radius 1 is 1.33 bits per heavy atom. The molecule has 18 heavy (non-hydrogen) atoms. The normalized spacial score (nSPS) is 18.3. The summed E-state index contributed by atoms with van der Waals surface area (Å²) in [6.07, 6.45) is 0.469. The van der Waals surface area contributed by atoms with Gasteiger partial charge < -0.3 is 19.5 Å². The molecule has 0 radical (unpaired) electrons. The molecule has 1 saturated heterocycles. The molecule has 0 spiro atoms. The van der Waals surface area contributed by atoms with Crippen molar-refractivity contribution in [3.05, 3.63) is 23.8 Å². The van der Waals surface area contributed by atoms with Crippen LogP contribution in [0.5, 0.6) is 5.75 Å². The van der Waals surface area contributed by atoms with Gasteiger partial charge in [0.2, 0.25) is 0 Å². The number of ether oxygens (including phenoxy) is 2. The number of aliphatic hydroxyl groups is 1. The average molecular weight is 251 g/mol. The van der Waals surface area contributed by atoms with Crippen molar-refractivity contribution in [3.8, 4) is 5.75 Å². The summed E-state index contributed by atoms with van der Waals surface area (Å²) in [7, 11) is 1.64. The summed E-state index contributed by atoms with van der Waals surface area (Å²) in [5.41, 5.74) is 1.91. The van der Waals surface area contributed by atoms with E-state index in [0.717, 1.165) is 49.7 Å². The number of hydrogen-bond acceptors (Lipinski definition) is 4. The van der Waals surface area contributed by atoms with Crippen LogP contribution < -0.4 is 9.64 Å². The molecule has 1 unspecified atom stereocenters. The van der Waals surface area contributed by atoms with Gasteiger partial charge in [0.05, 0.1) is 19.8 Å². The van der Waals surface area contributed by atoms with Crippen LogP contribution in [-0.2, 0) is 4.74 Å². The van der Waals surface area contributed by atoms with Crippen LogP contribution in [0.2, 0.25) is 0 Å². The number of hydrogen-bond donors (Lipinski definition) is 1. The van der Waals surface area contributed by atoms with E-state index in [1.165, 1.54) is 0 Å². The highest BCUT2D eigenvalue weighted by Gasteiger charge is 2.19. The number of benzene rings is 1. The molecule has 4 nitrogen and oxygen atoms in total. The molecule has 1 aliphatic rings. The molecule has 0 aromatic heterocycles. The maximum absolute atomic E-state index is 9.98. The quantitative estimate of drug-likeness (QED) is 0.892. The molecule has 1 fully saturated rings. The smallest absolute Gasteiger partial charge is 0.126 e. The summed E-state index contributed by atoms with van der Waals surface area (Å²) in [5.74, 6) is 0.743. The van der Waals surface area contributed by atoms with Crippen molar-refractivity contribution in [2.45, 2.75) is 19.4 Å². The first kappa shape index (κ1) is 13.2. The number of rotatable bonds is 3. The molecule has 0 amide bonds. The van der Waals surface area contributed by atoms with E-state index in [-0.39, 0.29) is 0 Å². The number of methoxy groups -OCH3 is 1. The molecule has 2 rings (SSSR count). The van der Waals surface area contributed by atoms with Gasteiger partial charge in [0.1, 0.15) is 5.75 Å². The lowest BCUT2D eigenvalue weighted by atomic mass is 10.1. The molecule has 1 atom stereocenters. The minimum absolute atomic E-state index is 0.541. The fourth-order valence-corrected chi connectivity index (χ4v) is 2.39. The molecule has 0 bridgehead atoms. The summed E-state index contributed by atoms with van der Waals surface area (Å²) in [5, 5.41) is 9.98. The summed E-state index contributed by atoms with van der Waals surface area (Å²) < 4.78 is 10.8. The Morgan fingerprint density at radius 2 is 2.17 bits per heavy atom. The van der Waals surface area contributed by atoms with Gasteiger partial charge in [-0.05, 0) is 25.5 Å². The van der Waals surface area contributed by atoms with Crippen molar-refractivity contribution in [3.63, 3.8) is 0 Å². The first-order valence-corrected chi connectivity index (χ1v) is 6.41. The lowest BCUT2D eigenvalue weighted by molar-refractivity contribution is 0.152. The van der Waals surface area contributed by atoms with Crippen LogP contribution >= 0.6 is 0 Å². The van der Waals surface area contributed by atoms with Crippen molar-refractivity contribution >= 4 is 5.69 Å². The van der Waals surface area contributed by atoms with E-state index in [1.54, 1.807) is 14.0 Å². The van der Waals surface area contributed by atoms with Crippen molar-refractivity contribution in [2.24, 2.45) is 0 Å². The first-order chi connectivity index (χ1) is 8.74. The van der Waals surface area contributed by atoms with E-state index in [0.29, 0.717) is 0 Å². The molecular formula is C14H21NO3. The fraction of sp³-hybridized carbons (Fsp3) is 0.571. The summed E-state index contributed by atoms with van der Waals surface area (Å²) in [6, 6.07) is 5.89. The van der Waals surface area contributed by atoms with Gasteiger partial charge in [-0.15, -0.1) is 0 Å². The highest BCUT2D eigenvalue weighted by atomic mass is 16.5. The highest BCUT2D eigenvalue weighted by Crippen LogP contribution is 2.34. The molecule has 100 valence electrons. The van der Waals surface area contributed by atoms with Gasteiger partial charge in [-0.1, -0.05) is 6.07 Å². The van der Waals surface area contributed by atoms with Crippen LogP contribution in [0.15, 0.2) is 18.2 Å². The van der Waals surface area contributed by atoms with E-state index >= 15 is 0 Å². The Labute approximate surface area is 108 Å². The second kappa shape index (κ2) is 6.07. The lowest BCUT2D eigenvalue weighted by Crippen LogP contribution is -2.27. The Kier molecular flexibility index (Phi) is 4.44. The summed E-state index contributed by atoms with van der Waals surface area (Å²) in [6.45, 7) is 5.12. The van der Waals surface area contributed by atoms with E-state index in [2.05, 4.69) is 4.90 Å². The van der Waals surface area contributed by atoms with E-state index in [1.807, 2.05) is 18.2 Å². The van der Waals surface area contributed by atoms with E-state index in [4.69, 9.17) is 9.47 Å². The Hall–Kier alpha value is -1.26. The first-order valence-electron chi connectivity index (χ1n) is 6.41. The van der Waals surface area contributed by atoms with Crippen molar-refractivity contribution in [1.82, 2.24) is 0 Å². The Morgan fingerprint density at radius 3 is 2.89 bits per heavy atom. The Balaban J connectivity index is 2.35. The van der Waals surface area contributed by atoms with Crippen LogP contribution in [0, 0.1) is 0 Å². The lowest BCUT2D eigenvalue weighted by Gasteiger charge is -2.27. The van der Waals surface area contributed by atoms with E-state index < -0.39 is 6.10 Å². The predicted molar refractivity (Wildman–Crippen MR) is 71.3 cm³/mol. The third-order valence-corrected chi connectivity index (χ3v) is 3.24. The zero-order valence-electron chi connectivity index (χ0n) is 11.1. The van der Waals surface area contributed by atoms with Crippen LogP contribution in [0.4, 0.5) is 5.69 Å². The van der Waals surface area contributed by atoms with Gasteiger partial charge in [-0.25, -0.2) is 0 Å². The highest BCUT2D eigenvalue weighted by molar-refractivity contribution is 5.60. The van der Waals surface area contributed by atoms with Crippen LogP contribution in [0.1, 0.15) is 25.0 Å². The molecule has 1 N–H and O–H groups in total. The molecule has 1 heterocycles. The standard InChI is InChI=1S/C14H21NO3/c1-11(16)14-12(5-3-6-13(14)17-2)15-7-4-9-18-10-8-15/h3,5-6,11,16H,4,7-10H2,1-2H3. The molecule has 4 heteroatoms. The molecule has 1 aromatic rings. The largest absolute Gasteiger partial charge is 0.496 e. The second-order valence-corrected chi connectivity index (χ2v) is 4.52. The zero-order chi connectivity index (χ0) is 13.0. The van der Waals surface area contributed by atoms with Crippen molar-refractivity contribution < 1.29 is 14.6 Å². The molecule has 0 saturated carbocycles. The monoisotopic (exact) mass is 251 g/mol. The summed E-state index contributed by atoms with van der Waals surface area (Å²) in [4.78, 5) is 2.26. The topological polar surface area (TPSA) is 41.9 Å².